The van der Waals surface area contributed by atoms with Gasteiger partial charge in [-0.05, 0) is 28.5 Å². The number of fused-ring (bicyclic) bond motifs is 1. The van der Waals surface area contributed by atoms with Gasteiger partial charge in [-0.2, -0.15) is 4.39 Å². The van der Waals surface area contributed by atoms with E-state index in [9.17, 15) is 13.2 Å². The number of nitrogens with two attached hydrogens (primary N) is 1. The van der Waals surface area contributed by atoms with Crippen LogP contribution in [0.25, 0.3) is 21.2 Å². The summed E-state index contributed by atoms with van der Waals surface area (Å²) >= 11 is 1.48. The number of pyridine rings is 1. The van der Waals surface area contributed by atoms with Gasteiger partial charge in [0.2, 0.25) is 5.95 Å². The summed E-state index contributed by atoms with van der Waals surface area (Å²) in [6, 6.07) is 13.2. The average molecular weight is 443 g/mol. The largest absolute Gasteiger partial charge is 0.360 e. The summed E-state index contributed by atoms with van der Waals surface area (Å²) in [6.45, 7) is 2.46. The lowest BCUT2D eigenvalue weighted by Crippen LogP contribution is -2.34. The van der Waals surface area contributed by atoms with Crippen molar-refractivity contribution in [3.63, 3.8) is 0 Å². The second kappa shape index (κ2) is 9.03. The highest BCUT2D eigenvalue weighted by Gasteiger charge is 2.16. The van der Waals surface area contributed by atoms with Gasteiger partial charge in [0.05, 0.1) is 4.88 Å². The molecule has 4 nitrogen and oxygen atoms in total. The molecule has 0 amide bonds. The van der Waals surface area contributed by atoms with E-state index in [2.05, 4.69) is 15.3 Å². The van der Waals surface area contributed by atoms with Crippen LogP contribution in [-0.4, -0.2) is 22.6 Å². The lowest BCUT2D eigenvalue weighted by atomic mass is 9.93. The van der Waals surface area contributed by atoms with Gasteiger partial charge in [0, 0.05) is 42.0 Å². The van der Waals surface area contributed by atoms with Crippen molar-refractivity contribution < 1.29 is 13.2 Å². The number of anilines is 1. The van der Waals surface area contributed by atoms with E-state index < -0.39 is 12.4 Å². The van der Waals surface area contributed by atoms with Crippen molar-refractivity contribution in [2.75, 3.05) is 11.9 Å². The SMILES string of the molecule is CC(c1ccc(C(F)F)cc1)C(N)CNc1ncc(-c2ccc3cnc(F)cc3c2)s1. The maximum Gasteiger partial charge on any atom is 0.263 e. The third kappa shape index (κ3) is 4.86. The van der Waals surface area contributed by atoms with Crippen molar-refractivity contribution in [1.29, 1.82) is 0 Å². The van der Waals surface area contributed by atoms with Crippen LogP contribution in [0.15, 0.2) is 60.9 Å². The molecule has 31 heavy (non-hydrogen) atoms. The Morgan fingerprint density at radius 2 is 1.71 bits per heavy atom. The van der Waals surface area contributed by atoms with Crippen LogP contribution in [-0.2, 0) is 0 Å². The second-order valence-corrected chi connectivity index (χ2v) is 8.43. The highest BCUT2D eigenvalue weighted by Crippen LogP contribution is 2.31. The first-order chi connectivity index (χ1) is 14.9. The van der Waals surface area contributed by atoms with Crippen molar-refractivity contribution in [2.24, 2.45) is 5.73 Å². The third-order valence-corrected chi connectivity index (χ3v) is 6.33. The number of rotatable bonds is 7. The molecule has 4 aromatic rings. The monoisotopic (exact) mass is 442 g/mol. The van der Waals surface area contributed by atoms with Crippen LogP contribution in [0.1, 0.15) is 30.4 Å². The summed E-state index contributed by atoms with van der Waals surface area (Å²) in [6.07, 6.45) is 0.804. The molecule has 160 valence electrons. The van der Waals surface area contributed by atoms with Gasteiger partial charge in [0.25, 0.3) is 6.43 Å². The lowest BCUT2D eigenvalue weighted by molar-refractivity contribution is 0.151. The van der Waals surface area contributed by atoms with Crippen molar-refractivity contribution in [1.82, 2.24) is 9.97 Å². The van der Waals surface area contributed by atoms with Crippen molar-refractivity contribution in [2.45, 2.75) is 25.3 Å². The van der Waals surface area contributed by atoms with Crippen LogP contribution < -0.4 is 11.1 Å². The Bertz CT molecular complexity index is 1180. The maximum absolute atomic E-state index is 13.4. The van der Waals surface area contributed by atoms with Crippen molar-refractivity contribution >= 4 is 27.2 Å². The molecule has 0 bridgehead atoms. The molecule has 0 spiro atoms. The van der Waals surface area contributed by atoms with Gasteiger partial charge in [0.1, 0.15) is 0 Å². The Morgan fingerprint density at radius 1 is 0.968 bits per heavy atom. The molecule has 0 saturated heterocycles. The molecule has 2 aromatic carbocycles. The van der Waals surface area contributed by atoms with E-state index in [4.69, 9.17) is 5.73 Å². The van der Waals surface area contributed by atoms with E-state index >= 15 is 0 Å². The van der Waals surface area contributed by atoms with Crippen molar-refractivity contribution in [3.8, 4) is 10.4 Å². The number of hydrogen-bond donors (Lipinski definition) is 2. The minimum Gasteiger partial charge on any atom is -0.360 e. The summed E-state index contributed by atoms with van der Waals surface area (Å²) in [4.78, 5) is 9.03. The van der Waals surface area contributed by atoms with Crippen LogP contribution in [0.2, 0.25) is 0 Å². The zero-order chi connectivity index (χ0) is 22.0. The van der Waals surface area contributed by atoms with Gasteiger partial charge in [-0.25, -0.2) is 18.7 Å². The van der Waals surface area contributed by atoms with E-state index in [-0.39, 0.29) is 17.5 Å². The molecule has 2 aromatic heterocycles. The summed E-state index contributed by atoms with van der Waals surface area (Å²) < 4.78 is 38.9. The fraction of sp³-hybridized carbons (Fsp3) is 0.217. The molecule has 0 fully saturated rings. The number of halogens is 3. The Morgan fingerprint density at radius 3 is 2.45 bits per heavy atom. The van der Waals surface area contributed by atoms with E-state index in [1.54, 1.807) is 18.3 Å². The number of thiazole rings is 1. The first kappa shape index (κ1) is 21.3. The smallest absolute Gasteiger partial charge is 0.263 e. The number of nitrogens with one attached hydrogen (secondary N) is 1. The van der Waals surface area contributed by atoms with Gasteiger partial charge in [0.15, 0.2) is 5.13 Å². The van der Waals surface area contributed by atoms with Gasteiger partial charge >= 0.3 is 0 Å². The quantitative estimate of drug-likeness (QED) is 0.346. The lowest BCUT2D eigenvalue weighted by Gasteiger charge is -2.21. The number of aromatic nitrogens is 2. The molecule has 2 heterocycles. The maximum atomic E-state index is 13.4. The predicted molar refractivity (Wildman–Crippen MR) is 119 cm³/mol. The first-order valence-electron chi connectivity index (χ1n) is 9.79. The van der Waals surface area contributed by atoms with Crippen LogP contribution in [0, 0.1) is 5.95 Å². The number of hydrogen-bond acceptors (Lipinski definition) is 5. The van der Waals surface area contributed by atoms with Crippen LogP contribution >= 0.6 is 11.3 Å². The normalized spacial score (nSPS) is 13.5. The van der Waals surface area contributed by atoms with Crippen LogP contribution in [0.3, 0.4) is 0 Å². The van der Waals surface area contributed by atoms with E-state index in [1.807, 2.05) is 25.1 Å². The third-order valence-electron chi connectivity index (χ3n) is 5.32. The minimum atomic E-state index is -2.47. The molecule has 0 aliphatic rings. The molecule has 4 rings (SSSR count). The topological polar surface area (TPSA) is 63.8 Å². The van der Waals surface area contributed by atoms with Gasteiger partial charge < -0.3 is 11.1 Å². The molecule has 8 heteroatoms. The molecule has 0 radical (unpaired) electrons. The fourth-order valence-corrected chi connectivity index (χ4v) is 4.15. The summed E-state index contributed by atoms with van der Waals surface area (Å²) in [5, 5.41) is 5.63. The van der Waals surface area contributed by atoms with Gasteiger partial charge in [-0.15, -0.1) is 0 Å². The average Bonchev–Trinajstić information content (AvgIpc) is 3.25. The number of nitrogens with zero attached hydrogens (tertiary/aromatic N) is 2. The Labute approximate surface area is 182 Å². The van der Waals surface area contributed by atoms with Gasteiger partial charge in [-0.3, -0.25) is 0 Å². The Kier molecular flexibility index (Phi) is 6.20. The highest BCUT2D eigenvalue weighted by atomic mass is 32.1. The Balaban J connectivity index is 1.40. The number of benzene rings is 2. The minimum absolute atomic E-state index is 0.00523. The second-order valence-electron chi connectivity index (χ2n) is 7.40. The molecule has 0 aliphatic carbocycles. The highest BCUT2D eigenvalue weighted by molar-refractivity contribution is 7.18. The molecule has 3 N–H and O–H groups in total. The van der Waals surface area contributed by atoms with E-state index in [1.165, 1.54) is 35.7 Å². The van der Waals surface area contributed by atoms with Gasteiger partial charge in [-0.1, -0.05) is 54.7 Å². The molecule has 2 atom stereocenters. The standard InChI is InChI=1S/C23H21F3N4S/c1-13(14-2-4-15(5-3-14)22(25)26)19(27)11-29-23-30-12-20(31-23)16-6-7-17-10-28-21(24)9-18(17)8-16/h2-10,12-13,19,22H,11,27H2,1H3,(H,29,30). The van der Waals surface area contributed by atoms with Crippen molar-refractivity contribution in [3.05, 3.63) is 78.0 Å². The molecular weight excluding hydrogens is 421 g/mol. The van der Waals surface area contributed by atoms with E-state index in [0.717, 1.165) is 31.9 Å². The fourth-order valence-electron chi connectivity index (χ4n) is 3.33. The molecule has 0 saturated carbocycles. The van der Waals surface area contributed by atoms with Crippen LogP contribution in [0.4, 0.5) is 18.3 Å². The first-order valence-corrected chi connectivity index (χ1v) is 10.6. The summed E-state index contributed by atoms with van der Waals surface area (Å²) in [5.74, 6) is -0.522. The van der Waals surface area contributed by atoms with E-state index in [0.29, 0.717) is 6.54 Å². The molecule has 2 unspecified atom stereocenters. The summed E-state index contributed by atoms with van der Waals surface area (Å²) in [5.41, 5.74) is 8.18. The van der Waals surface area contributed by atoms with Crippen LogP contribution in [0.5, 0.6) is 0 Å². The number of alkyl halides is 2. The zero-order valence-corrected chi connectivity index (χ0v) is 17.5. The Hall–Kier alpha value is -2.97. The summed E-state index contributed by atoms with van der Waals surface area (Å²) in [7, 11) is 0. The molecule has 0 aliphatic heterocycles. The molecular formula is C23H21F3N4S. The predicted octanol–water partition coefficient (Wildman–Crippen LogP) is 5.98. The zero-order valence-electron chi connectivity index (χ0n) is 16.7.